The molecule has 0 aliphatic heterocycles. The van der Waals surface area contributed by atoms with Crippen LogP contribution in [0.5, 0.6) is 0 Å². The van der Waals surface area contributed by atoms with Crippen LogP contribution < -0.4 is 4.98 Å². The Balaban J connectivity index is 0.00000445. The molecule has 0 atom stereocenters. The monoisotopic (exact) mass is 976 g/mol. The molecule has 8 heteroatoms. The van der Waals surface area contributed by atoms with E-state index in [0.29, 0.717) is 11.3 Å². The molecule has 0 bridgehead atoms. The van der Waals surface area contributed by atoms with Crippen LogP contribution >= 0.6 is 0 Å². The molecule has 5 nitrogen and oxygen atoms in total. The SMILES string of the molecule is CC(C)(C)c1ccnc(-n2c3[c-]c(-c4cccc5c4nc(-c4cccc6c4[n-]c4ccccc46)n5-c4ccccc4)ccc3c3ccc(C(F)(F)c4ccccc4)cc32)c1.[Pt+2]. The van der Waals surface area contributed by atoms with Gasteiger partial charge in [-0.25, -0.2) is 9.97 Å². The average molecular weight is 977 g/mol. The number of pyridine rings is 1. The number of para-hydroxylation sites is 4. The fourth-order valence-corrected chi connectivity index (χ4v) is 8.67. The third-order valence-electron chi connectivity index (χ3n) is 11.7. The fraction of sp³-hybridized carbons (Fsp3) is 0.0943. The van der Waals surface area contributed by atoms with Crippen LogP contribution in [0.1, 0.15) is 37.5 Å². The Kier molecular flexibility index (Phi) is 9.15. The van der Waals surface area contributed by atoms with Gasteiger partial charge in [-0.2, -0.15) is 8.78 Å². The summed E-state index contributed by atoms with van der Waals surface area (Å²) in [6.07, 6.45) is 1.80. The minimum Gasteiger partial charge on any atom is -0.656 e. The predicted octanol–water partition coefficient (Wildman–Crippen LogP) is 13.4. The van der Waals surface area contributed by atoms with Gasteiger partial charge in [-0.05, 0) is 69.1 Å². The normalized spacial score (nSPS) is 12.2. The molecule has 4 heterocycles. The number of alkyl halides is 2. The van der Waals surface area contributed by atoms with Gasteiger partial charge >= 0.3 is 21.1 Å². The van der Waals surface area contributed by atoms with E-state index < -0.39 is 5.92 Å². The quantitative estimate of drug-likeness (QED) is 0.156. The first-order valence-corrected chi connectivity index (χ1v) is 20.1. The van der Waals surface area contributed by atoms with Crippen molar-refractivity contribution >= 4 is 54.6 Å². The smallest absolute Gasteiger partial charge is 0.656 e. The largest absolute Gasteiger partial charge is 2.00 e. The Morgan fingerprint density at radius 3 is 2.08 bits per heavy atom. The number of fused-ring (bicyclic) bond motifs is 7. The molecule has 0 aliphatic carbocycles. The van der Waals surface area contributed by atoms with Gasteiger partial charge < -0.3 is 9.55 Å². The molecule has 4 aromatic heterocycles. The van der Waals surface area contributed by atoms with E-state index in [4.69, 9.17) is 15.0 Å². The number of nitrogens with zero attached hydrogens (tertiary/aromatic N) is 5. The summed E-state index contributed by atoms with van der Waals surface area (Å²) in [6, 6.07) is 55.9. The summed E-state index contributed by atoms with van der Waals surface area (Å²) in [5.74, 6) is -1.80. The van der Waals surface area contributed by atoms with Crippen molar-refractivity contribution in [3.05, 3.63) is 193 Å². The third kappa shape index (κ3) is 6.21. The van der Waals surface area contributed by atoms with E-state index in [1.807, 2.05) is 47.0 Å². The minimum atomic E-state index is -3.22. The van der Waals surface area contributed by atoms with Gasteiger partial charge in [-0.15, -0.1) is 34.8 Å². The summed E-state index contributed by atoms with van der Waals surface area (Å²) >= 11 is 0. The van der Waals surface area contributed by atoms with Crippen LogP contribution in [-0.4, -0.2) is 19.1 Å². The maximum atomic E-state index is 16.2. The van der Waals surface area contributed by atoms with Gasteiger partial charge in [0.1, 0.15) is 11.6 Å². The van der Waals surface area contributed by atoms with E-state index in [1.54, 1.807) is 36.5 Å². The molecule has 0 radical (unpaired) electrons. The van der Waals surface area contributed by atoms with E-state index in [1.165, 1.54) is 18.2 Å². The summed E-state index contributed by atoms with van der Waals surface area (Å²) in [6.45, 7) is 6.46. The summed E-state index contributed by atoms with van der Waals surface area (Å²) in [7, 11) is 0. The third-order valence-corrected chi connectivity index (χ3v) is 11.7. The van der Waals surface area contributed by atoms with Crippen molar-refractivity contribution in [2.45, 2.75) is 32.1 Å². The summed E-state index contributed by atoms with van der Waals surface area (Å²) < 4.78 is 36.7. The molecule has 11 aromatic rings. The Morgan fingerprint density at radius 2 is 1.28 bits per heavy atom. The van der Waals surface area contributed by atoms with Gasteiger partial charge in [0.2, 0.25) is 0 Å². The zero-order valence-corrected chi connectivity index (χ0v) is 35.7. The Hall–Kier alpha value is -6.69. The van der Waals surface area contributed by atoms with Crippen LogP contribution in [0.3, 0.4) is 0 Å². The number of imidazole rings is 1. The van der Waals surface area contributed by atoms with Crippen LogP contribution in [0, 0.1) is 6.07 Å². The average Bonchev–Trinajstić information content (AvgIpc) is 3.96. The van der Waals surface area contributed by atoms with Crippen LogP contribution in [0.4, 0.5) is 8.78 Å². The maximum absolute atomic E-state index is 16.2. The minimum absolute atomic E-state index is 0. The van der Waals surface area contributed by atoms with Crippen LogP contribution in [-0.2, 0) is 32.4 Å². The second-order valence-electron chi connectivity index (χ2n) is 16.4. The van der Waals surface area contributed by atoms with Crippen LogP contribution in [0.25, 0.3) is 88.7 Å². The van der Waals surface area contributed by atoms with Crippen molar-refractivity contribution in [3.63, 3.8) is 0 Å². The number of halogens is 2. The molecule has 0 spiro atoms. The molecule has 298 valence electrons. The maximum Gasteiger partial charge on any atom is 2.00 e. The van der Waals surface area contributed by atoms with Crippen molar-refractivity contribution < 1.29 is 29.8 Å². The topological polar surface area (TPSA) is 49.7 Å². The van der Waals surface area contributed by atoms with Gasteiger partial charge in [0, 0.05) is 34.1 Å². The zero-order valence-electron chi connectivity index (χ0n) is 33.5. The van der Waals surface area contributed by atoms with Crippen LogP contribution in [0.15, 0.2) is 170 Å². The summed E-state index contributed by atoms with van der Waals surface area (Å²) in [5.41, 5.74) is 9.32. The molecule has 0 saturated heterocycles. The molecular weight excluding hydrogens is 940 g/mol. The second kappa shape index (κ2) is 14.5. The Morgan fingerprint density at radius 1 is 0.574 bits per heavy atom. The first kappa shape index (κ1) is 38.5. The van der Waals surface area contributed by atoms with E-state index in [-0.39, 0.29) is 37.6 Å². The summed E-state index contributed by atoms with van der Waals surface area (Å²) in [4.78, 5) is 15.4. The molecule has 0 unspecified atom stereocenters. The molecule has 0 saturated carbocycles. The zero-order chi connectivity index (χ0) is 40.8. The van der Waals surface area contributed by atoms with Crippen molar-refractivity contribution in [2.24, 2.45) is 0 Å². The molecule has 0 amide bonds. The number of hydrogen-bond donors (Lipinski definition) is 0. The van der Waals surface area contributed by atoms with Gasteiger partial charge in [-0.3, -0.25) is 4.57 Å². The van der Waals surface area contributed by atoms with Gasteiger partial charge in [-0.1, -0.05) is 147 Å². The summed E-state index contributed by atoms with van der Waals surface area (Å²) in [5, 5.41) is 3.90. The van der Waals surface area contributed by atoms with Crippen LogP contribution in [0.2, 0.25) is 0 Å². The molecule has 7 aromatic carbocycles. The molecular formula is C53H37F2N5Pt. The van der Waals surface area contributed by atoms with Crippen molar-refractivity contribution in [2.75, 3.05) is 0 Å². The first-order chi connectivity index (χ1) is 29.1. The Bertz CT molecular complexity index is 3450. The van der Waals surface area contributed by atoms with E-state index >= 15 is 8.78 Å². The number of rotatable bonds is 6. The standard InChI is InChI=1S/C53H37F2N5.Pt/c1-52(2,3)35-28-29-56-48(32-35)60-46-30-33(24-26-40(46)41-27-25-36(31-47(41)60)53(54,55)34-14-6-4-7-15-34)38-19-13-23-45-50(38)58-51(59(45)37-16-8-5-9-17-37)43-21-12-20-42-39-18-10-11-22-44(39)57-49(42)43;/h4-29,31-32H,1-3H3;/q-2;+2. The molecule has 0 N–H and O–H groups in total. The molecule has 61 heavy (non-hydrogen) atoms. The first-order valence-electron chi connectivity index (χ1n) is 20.1. The van der Waals surface area contributed by atoms with E-state index in [0.717, 1.165) is 82.9 Å². The Labute approximate surface area is 365 Å². The second-order valence-corrected chi connectivity index (χ2v) is 16.4. The van der Waals surface area contributed by atoms with Gasteiger partial charge in [0.25, 0.3) is 5.92 Å². The number of benzene rings is 7. The van der Waals surface area contributed by atoms with E-state index in [2.05, 4.69) is 104 Å². The van der Waals surface area contributed by atoms with Gasteiger partial charge in [0.05, 0.1) is 11.0 Å². The van der Waals surface area contributed by atoms with E-state index in [9.17, 15) is 0 Å². The van der Waals surface area contributed by atoms with Gasteiger partial charge in [0.15, 0.2) is 0 Å². The molecule has 11 rings (SSSR count). The number of aromatic nitrogens is 5. The fourth-order valence-electron chi connectivity index (χ4n) is 8.67. The molecule has 0 fully saturated rings. The predicted molar refractivity (Wildman–Crippen MR) is 239 cm³/mol. The number of hydrogen-bond acceptors (Lipinski definition) is 2. The van der Waals surface area contributed by atoms with Crippen molar-refractivity contribution in [3.8, 4) is 34.0 Å². The van der Waals surface area contributed by atoms with Crippen molar-refractivity contribution in [1.82, 2.24) is 24.1 Å². The van der Waals surface area contributed by atoms with Crippen molar-refractivity contribution in [1.29, 1.82) is 0 Å². The molecule has 0 aliphatic rings.